The number of hydrogen-bond donors (Lipinski definition) is 1. The summed E-state index contributed by atoms with van der Waals surface area (Å²) in [4.78, 5) is 21.7. The molecular weight excluding hydrogens is 212 g/mol. The molecule has 6 nitrogen and oxygen atoms in total. The summed E-state index contributed by atoms with van der Waals surface area (Å²) in [6.45, 7) is 0. The fourth-order valence-corrected chi connectivity index (χ4v) is 1.42. The number of nitrogens with zero attached hydrogens (tertiary/aromatic N) is 2. The van der Waals surface area contributed by atoms with Crippen molar-refractivity contribution in [2.45, 2.75) is 19.3 Å². The molecule has 0 aliphatic carbocycles. The summed E-state index contributed by atoms with van der Waals surface area (Å²) in [5, 5.41) is 12.5. The molecule has 1 rings (SSSR count). The molecule has 1 aromatic heterocycles. The van der Waals surface area contributed by atoms with Gasteiger partial charge in [0.15, 0.2) is 5.69 Å². The number of carboxylic acids is 1. The molecule has 16 heavy (non-hydrogen) atoms. The van der Waals surface area contributed by atoms with Gasteiger partial charge in [0.1, 0.15) is 0 Å². The van der Waals surface area contributed by atoms with Crippen molar-refractivity contribution < 1.29 is 19.4 Å². The number of aromatic nitrogens is 2. The first-order chi connectivity index (χ1) is 7.54. The van der Waals surface area contributed by atoms with Crippen molar-refractivity contribution >= 4 is 11.9 Å². The minimum atomic E-state index is -0.844. The summed E-state index contributed by atoms with van der Waals surface area (Å²) in [7, 11) is 2.99. The van der Waals surface area contributed by atoms with E-state index in [4.69, 9.17) is 5.11 Å². The van der Waals surface area contributed by atoms with Crippen LogP contribution in [-0.4, -0.2) is 33.9 Å². The van der Waals surface area contributed by atoms with Gasteiger partial charge in [-0.1, -0.05) is 0 Å². The molecule has 0 spiro atoms. The molecule has 0 radical (unpaired) electrons. The number of ether oxygens (including phenoxy) is 1. The van der Waals surface area contributed by atoms with Crippen molar-refractivity contribution in [1.29, 1.82) is 0 Å². The van der Waals surface area contributed by atoms with Gasteiger partial charge in [0.2, 0.25) is 0 Å². The van der Waals surface area contributed by atoms with E-state index in [0.717, 1.165) is 5.56 Å². The van der Waals surface area contributed by atoms with E-state index in [2.05, 4.69) is 9.84 Å². The van der Waals surface area contributed by atoms with Crippen molar-refractivity contribution in [3.63, 3.8) is 0 Å². The number of hydrogen-bond acceptors (Lipinski definition) is 4. The second kappa shape index (κ2) is 5.29. The van der Waals surface area contributed by atoms with E-state index in [9.17, 15) is 9.59 Å². The normalized spacial score (nSPS) is 10.1. The van der Waals surface area contributed by atoms with Crippen LogP contribution in [0.1, 0.15) is 28.9 Å². The molecule has 0 saturated carbocycles. The third-order valence-electron chi connectivity index (χ3n) is 2.12. The Kier molecular flexibility index (Phi) is 4.04. The Morgan fingerprint density at radius 2 is 2.25 bits per heavy atom. The molecule has 0 fully saturated rings. The predicted molar refractivity (Wildman–Crippen MR) is 55.1 cm³/mol. The average Bonchev–Trinajstić information content (AvgIpc) is 2.58. The van der Waals surface area contributed by atoms with Crippen molar-refractivity contribution in [1.82, 2.24) is 9.78 Å². The molecule has 1 N–H and O–H groups in total. The third-order valence-corrected chi connectivity index (χ3v) is 2.12. The summed E-state index contributed by atoms with van der Waals surface area (Å²) in [5.41, 5.74) is 0.978. The largest absolute Gasteiger partial charge is 0.481 e. The second-order valence-electron chi connectivity index (χ2n) is 3.42. The summed E-state index contributed by atoms with van der Waals surface area (Å²) in [6, 6.07) is 0. The molecule has 1 heterocycles. The summed E-state index contributed by atoms with van der Waals surface area (Å²) in [6.07, 6.45) is 2.76. The number of esters is 1. The van der Waals surface area contributed by atoms with Gasteiger partial charge in [-0.05, 0) is 12.8 Å². The van der Waals surface area contributed by atoms with Crippen molar-refractivity contribution in [2.24, 2.45) is 7.05 Å². The van der Waals surface area contributed by atoms with Crippen molar-refractivity contribution in [2.75, 3.05) is 7.11 Å². The number of carbonyl (C=O) groups is 2. The molecular formula is C10H14N2O4. The first kappa shape index (κ1) is 12.2. The standard InChI is InChI=1S/C10H14N2O4/c1-12-6-7(4-3-5-8(13)14)9(11-12)10(15)16-2/h6H,3-5H2,1-2H3,(H,13,14). The molecule has 1 aromatic rings. The quantitative estimate of drug-likeness (QED) is 0.744. The van der Waals surface area contributed by atoms with Crippen LogP contribution in [0, 0.1) is 0 Å². The van der Waals surface area contributed by atoms with Gasteiger partial charge >= 0.3 is 11.9 Å². The smallest absolute Gasteiger partial charge is 0.358 e. The maximum atomic E-state index is 11.3. The number of aliphatic carboxylic acids is 1. The molecule has 88 valence electrons. The predicted octanol–water partition coefficient (Wildman–Crippen LogP) is 0.614. The zero-order valence-corrected chi connectivity index (χ0v) is 9.27. The Labute approximate surface area is 92.8 Å². The lowest BCUT2D eigenvalue weighted by atomic mass is 10.1. The van der Waals surface area contributed by atoms with Crippen LogP contribution in [0.4, 0.5) is 0 Å². The third kappa shape index (κ3) is 3.08. The molecule has 0 aromatic carbocycles. The van der Waals surface area contributed by atoms with Crippen LogP contribution < -0.4 is 0 Å². The summed E-state index contributed by atoms with van der Waals surface area (Å²) < 4.78 is 6.10. The monoisotopic (exact) mass is 226 g/mol. The van der Waals surface area contributed by atoms with E-state index < -0.39 is 11.9 Å². The van der Waals surface area contributed by atoms with Gasteiger partial charge in [0.05, 0.1) is 7.11 Å². The van der Waals surface area contributed by atoms with Gasteiger partial charge in [-0.25, -0.2) is 4.79 Å². The van der Waals surface area contributed by atoms with Crippen LogP contribution in [0.25, 0.3) is 0 Å². The molecule has 0 aliphatic heterocycles. The molecule has 0 bridgehead atoms. The van der Waals surface area contributed by atoms with Crippen molar-refractivity contribution in [3.05, 3.63) is 17.5 Å². The van der Waals surface area contributed by atoms with Gasteiger partial charge in [-0.2, -0.15) is 5.10 Å². The highest BCUT2D eigenvalue weighted by Crippen LogP contribution is 2.11. The number of aryl methyl sites for hydroxylation is 2. The molecule has 6 heteroatoms. The lowest BCUT2D eigenvalue weighted by Gasteiger charge is -1.99. The van der Waals surface area contributed by atoms with E-state index in [1.54, 1.807) is 13.2 Å². The first-order valence-corrected chi connectivity index (χ1v) is 4.87. The first-order valence-electron chi connectivity index (χ1n) is 4.87. The lowest BCUT2D eigenvalue weighted by molar-refractivity contribution is -0.137. The Morgan fingerprint density at radius 1 is 1.56 bits per heavy atom. The van der Waals surface area contributed by atoms with Gasteiger partial charge in [0.25, 0.3) is 0 Å². The van der Waals surface area contributed by atoms with E-state index in [-0.39, 0.29) is 12.1 Å². The highest BCUT2D eigenvalue weighted by Gasteiger charge is 2.16. The molecule has 0 saturated heterocycles. The van der Waals surface area contributed by atoms with E-state index in [1.807, 2.05) is 0 Å². The fraction of sp³-hybridized carbons (Fsp3) is 0.500. The molecule has 0 aliphatic rings. The van der Waals surface area contributed by atoms with Crippen LogP contribution in [0.5, 0.6) is 0 Å². The average molecular weight is 226 g/mol. The number of carbonyl (C=O) groups excluding carboxylic acids is 1. The Balaban J connectivity index is 2.71. The Hall–Kier alpha value is -1.85. The number of carboxylic acid groups (broad SMARTS) is 1. The van der Waals surface area contributed by atoms with Crippen molar-refractivity contribution in [3.8, 4) is 0 Å². The lowest BCUT2D eigenvalue weighted by Crippen LogP contribution is -2.06. The number of rotatable bonds is 5. The minimum Gasteiger partial charge on any atom is -0.481 e. The summed E-state index contributed by atoms with van der Waals surface area (Å²) >= 11 is 0. The maximum absolute atomic E-state index is 11.3. The van der Waals surface area contributed by atoms with Gasteiger partial charge < -0.3 is 9.84 Å². The molecule has 0 unspecified atom stereocenters. The Bertz CT molecular complexity index is 398. The van der Waals surface area contributed by atoms with Crippen LogP contribution in [0.15, 0.2) is 6.20 Å². The summed E-state index contributed by atoms with van der Waals surface area (Å²) in [5.74, 6) is -1.34. The van der Waals surface area contributed by atoms with E-state index in [1.165, 1.54) is 11.8 Å². The number of methoxy groups -OCH3 is 1. The van der Waals surface area contributed by atoms with Crippen LogP contribution in [-0.2, 0) is 23.0 Å². The van der Waals surface area contributed by atoms with Gasteiger partial charge in [0, 0.05) is 25.2 Å². The van der Waals surface area contributed by atoms with E-state index >= 15 is 0 Å². The zero-order valence-electron chi connectivity index (χ0n) is 9.27. The highest BCUT2D eigenvalue weighted by molar-refractivity contribution is 5.88. The maximum Gasteiger partial charge on any atom is 0.358 e. The SMILES string of the molecule is COC(=O)c1nn(C)cc1CCCC(=O)O. The Morgan fingerprint density at radius 3 is 2.81 bits per heavy atom. The van der Waals surface area contributed by atoms with Gasteiger partial charge in [-0.3, -0.25) is 9.48 Å². The fourth-order valence-electron chi connectivity index (χ4n) is 1.42. The topological polar surface area (TPSA) is 81.4 Å². The molecule has 0 amide bonds. The van der Waals surface area contributed by atoms with Crippen LogP contribution >= 0.6 is 0 Å². The van der Waals surface area contributed by atoms with E-state index in [0.29, 0.717) is 12.8 Å². The van der Waals surface area contributed by atoms with Crippen LogP contribution in [0.2, 0.25) is 0 Å². The second-order valence-corrected chi connectivity index (χ2v) is 3.42. The zero-order chi connectivity index (χ0) is 12.1. The minimum absolute atomic E-state index is 0.0789. The van der Waals surface area contributed by atoms with Crippen LogP contribution in [0.3, 0.4) is 0 Å². The highest BCUT2D eigenvalue weighted by atomic mass is 16.5. The van der Waals surface area contributed by atoms with Gasteiger partial charge in [-0.15, -0.1) is 0 Å². The molecule has 0 atom stereocenters.